The summed E-state index contributed by atoms with van der Waals surface area (Å²) in [5, 5.41) is 10.5. The van der Waals surface area contributed by atoms with Crippen molar-refractivity contribution < 1.29 is 17.9 Å². The summed E-state index contributed by atoms with van der Waals surface area (Å²) in [5.41, 5.74) is 3.65. The standard InChI is InChI=1S/C18H24F3N5O.HI/c1-12-15(13(2)26(4)25-12)9-10-23-17(22-3)24-11-14-7-5-6-8-16(14)27-18(19,20)21;/h5-8H,9-11H2,1-4H3,(H2,22,23,24);1H. The van der Waals surface area contributed by atoms with E-state index in [1.165, 1.54) is 17.7 Å². The lowest BCUT2D eigenvalue weighted by Gasteiger charge is -2.15. The number of hydrogen-bond acceptors (Lipinski definition) is 3. The number of para-hydroxylation sites is 1. The number of rotatable bonds is 6. The molecule has 0 aliphatic rings. The highest BCUT2D eigenvalue weighted by Gasteiger charge is 2.31. The number of nitrogens with one attached hydrogen (secondary N) is 2. The molecule has 0 fully saturated rings. The Hall–Kier alpha value is -1.98. The number of aryl methyl sites for hydroxylation is 2. The minimum atomic E-state index is -4.73. The Morgan fingerprint density at radius 3 is 2.46 bits per heavy atom. The van der Waals surface area contributed by atoms with Crippen molar-refractivity contribution in [1.29, 1.82) is 0 Å². The van der Waals surface area contributed by atoms with E-state index in [9.17, 15) is 13.2 Å². The van der Waals surface area contributed by atoms with E-state index in [2.05, 4.69) is 25.5 Å². The second-order valence-electron chi connectivity index (χ2n) is 6.03. The number of halogens is 4. The van der Waals surface area contributed by atoms with Crippen LogP contribution < -0.4 is 15.4 Å². The molecule has 28 heavy (non-hydrogen) atoms. The Labute approximate surface area is 179 Å². The van der Waals surface area contributed by atoms with Gasteiger partial charge in [-0.25, -0.2) is 0 Å². The number of ether oxygens (including phenoxy) is 1. The van der Waals surface area contributed by atoms with E-state index in [0.29, 0.717) is 18.1 Å². The third kappa shape index (κ3) is 6.88. The van der Waals surface area contributed by atoms with Crippen LogP contribution in [0.1, 0.15) is 22.5 Å². The van der Waals surface area contributed by atoms with Gasteiger partial charge in [0.05, 0.1) is 5.69 Å². The van der Waals surface area contributed by atoms with Gasteiger partial charge in [0, 0.05) is 38.4 Å². The van der Waals surface area contributed by atoms with Crippen LogP contribution in [-0.2, 0) is 20.0 Å². The molecule has 6 nitrogen and oxygen atoms in total. The van der Waals surface area contributed by atoms with Crippen LogP contribution in [0.4, 0.5) is 13.2 Å². The summed E-state index contributed by atoms with van der Waals surface area (Å²) in [6.07, 6.45) is -3.96. The Morgan fingerprint density at radius 2 is 1.89 bits per heavy atom. The predicted octanol–water partition coefficient (Wildman–Crippen LogP) is 3.46. The Balaban J connectivity index is 0.00000392. The van der Waals surface area contributed by atoms with Gasteiger partial charge in [-0.15, -0.1) is 37.1 Å². The second-order valence-corrected chi connectivity index (χ2v) is 6.03. The molecule has 0 aliphatic carbocycles. The van der Waals surface area contributed by atoms with Gasteiger partial charge in [-0.3, -0.25) is 9.67 Å². The predicted molar refractivity (Wildman–Crippen MR) is 113 cm³/mol. The molecule has 0 aliphatic heterocycles. The van der Waals surface area contributed by atoms with Crippen molar-refractivity contribution >= 4 is 29.9 Å². The summed E-state index contributed by atoms with van der Waals surface area (Å²) in [6, 6.07) is 6.01. The molecule has 0 unspecified atom stereocenters. The molecule has 2 aromatic rings. The maximum Gasteiger partial charge on any atom is 0.573 e. The van der Waals surface area contributed by atoms with Crippen LogP contribution >= 0.6 is 24.0 Å². The summed E-state index contributed by atoms with van der Waals surface area (Å²) in [4.78, 5) is 4.10. The zero-order valence-corrected chi connectivity index (χ0v) is 18.6. The highest BCUT2D eigenvalue weighted by molar-refractivity contribution is 14.0. The smallest absolute Gasteiger partial charge is 0.405 e. The van der Waals surface area contributed by atoms with Gasteiger partial charge in [0.1, 0.15) is 5.75 Å². The molecule has 0 saturated carbocycles. The number of aromatic nitrogens is 2. The third-order valence-corrected chi connectivity index (χ3v) is 4.19. The average molecular weight is 511 g/mol. The van der Waals surface area contributed by atoms with Crippen molar-refractivity contribution in [3.05, 3.63) is 46.8 Å². The lowest BCUT2D eigenvalue weighted by atomic mass is 10.1. The van der Waals surface area contributed by atoms with E-state index in [1.807, 2.05) is 25.6 Å². The van der Waals surface area contributed by atoms with Crippen molar-refractivity contribution in [2.24, 2.45) is 12.0 Å². The number of benzene rings is 1. The van der Waals surface area contributed by atoms with E-state index in [0.717, 1.165) is 17.8 Å². The fourth-order valence-corrected chi connectivity index (χ4v) is 2.76. The Kier molecular flexibility index (Phi) is 9.05. The van der Waals surface area contributed by atoms with Gasteiger partial charge in [0.2, 0.25) is 0 Å². The Morgan fingerprint density at radius 1 is 1.21 bits per heavy atom. The molecular weight excluding hydrogens is 486 g/mol. The molecule has 0 radical (unpaired) electrons. The van der Waals surface area contributed by atoms with Crippen LogP contribution in [0.5, 0.6) is 5.75 Å². The van der Waals surface area contributed by atoms with Crippen molar-refractivity contribution in [2.75, 3.05) is 13.6 Å². The molecule has 0 saturated heterocycles. The zero-order valence-electron chi connectivity index (χ0n) is 16.2. The number of guanidine groups is 1. The van der Waals surface area contributed by atoms with Crippen LogP contribution in [0.25, 0.3) is 0 Å². The van der Waals surface area contributed by atoms with Crippen LogP contribution in [0, 0.1) is 13.8 Å². The molecule has 0 bridgehead atoms. The SMILES string of the molecule is CN=C(NCCc1c(C)nn(C)c1C)NCc1ccccc1OC(F)(F)F.I. The first-order valence-corrected chi connectivity index (χ1v) is 8.48. The maximum atomic E-state index is 12.5. The number of nitrogens with zero attached hydrogens (tertiary/aromatic N) is 3. The van der Waals surface area contributed by atoms with Gasteiger partial charge < -0.3 is 15.4 Å². The summed E-state index contributed by atoms with van der Waals surface area (Å²) in [7, 11) is 3.51. The van der Waals surface area contributed by atoms with E-state index in [4.69, 9.17) is 0 Å². The summed E-state index contributed by atoms with van der Waals surface area (Å²) in [5.74, 6) is 0.269. The lowest BCUT2D eigenvalue weighted by Crippen LogP contribution is -2.38. The Bertz CT molecular complexity index is 805. The number of hydrogen-bond donors (Lipinski definition) is 2. The van der Waals surface area contributed by atoms with Crippen LogP contribution in [0.3, 0.4) is 0 Å². The normalized spacial score (nSPS) is 11.8. The van der Waals surface area contributed by atoms with Gasteiger partial charge >= 0.3 is 6.36 Å². The molecule has 0 atom stereocenters. The van der Waals surface area contributed by atoms with E-state index in [-0.39, 0.29) is 36.3 Å². The third-order valence-electron chi connectivity index (χ3n) is 4.19. The number of alkyl halides is 3. The van der Waals surface area contributed by atoms with Gasteiger partial charge in [-0.1, -0.05) is 18.2 Å². The average Bonchev–Trinajstić information content (AvgIpc) is 2.83. The highest BCUT2D eigenvalue weighted by Crippen LogP contribution is 2.26. The molecule has 1 aromatic heterocycles. The van der Waals surface area contributed by atoms with E-state index >= 15 is 0 Å². The number of aliphatic imine (C=N–C) groups is 1. The molecule has 0 spiro atoms. The summed E-state index contributed by atoms with van der Waals surface area (Å²) < 4.78 is 43.4. The topological polar surface area (TPSA) is 63.5 Å². The fourth-order valence-electron chi connectivity index (χ4n) is 2.76. The van der Waals surface area contributed by atoms with Gasteiger partial charge in [0.25, 0.3) is 0 Å². The van der Waals surface area contributed by atoms with E-state index in [1.54, 1.807) is 19.2 Å². The minimum Gasteiger partial charge on any atom is -0.405 e. The van der Waals surface area contributed by atoms with Gasteiger partial charge in [-0.2, -0.15) is 5.10 Å². The largest absolute Gasteiger partial charge is 0.573 e. The molecular formula is C18H25F3IN5O. The highest BCUT2D eigenvalue weighted by atomic mass is 127. The lowest BCUT2D eigenvalue weighted by molar-refractivity contribution is -0.274. The van der Waals surface area contributed by atoms with Gasteiger partial charge in [0.15, 0.2) is 5.96 Å². The molecule has 1 aromatic carbocycles. The molecule has 2 N–H and O–H groups in total. The van der Waals surface area contributed by atoms with Crippen LogP contribution in [0.15, 0.2) is 29.3 Å². The van der Waals surface area contributed by atoms with Crippen molar-refractivity contribution in [3.8, 4) is 5.75 Å². The first-order chi connectivity index (χ1) is 12.7. The van der Waals surface area contributed by atoms with Crippen molar-refractivity contribution in [2.45, 2.75) is 33.2 Å². The monoisotopic (exact) mass is 511 g/mol. The summed E-state index contributed by atoms with van der Waals surface area (Å²) in [6.45, 7) is 4.75. The van der Waals surface area contributed by atoms with Gasteiger partial charge in [-0.05, 0) is 31.9 Å². The summed E-state index contributed by atoms with van der Waals surface area (Å²) >= 11 is 0. The fraction of sp³-hybridized carbons (Fsp3) is 0.444. The van der Waals surface area contributed by atoms with Crippen molar-refractivity contribution in [1.82, 2.24) is 20.4 Å². The van der Waals surface area contributed by atoms with Crippen LogP contribution in [-0.4, -0.2) is 35.7 Å². The zero-order chi connectivity index (χ0) is 20.0. The van der Waals surface area contributed by atoms with Crippen molar-refractivity contribution in [3.63, 3.8) is 0 Å². The van der Waals surface area contributed by atoms with Crippen LogP contribution in [0.2, 0.25) is 0 Å². The molecule has 2 rings (SSSR count). The quantitative estimate of drug-likeness (QED) is 0.355. The maximum absolute atomic E-state index is 12.5. The molecule has 156 valence electrons. The second kappa shape index (κ2) is 10.5. The first-order valence-electron chi connectivity index (χ1n) is 8.48. The van der Waals surface area contributed by atoms with E-state index < -0.39 is 6.36 Å². The first kappa shape index (κ1) is 24.1. The minimum absolute atomic E-state index is 0. The molecule has 0 amide bonds. The molecule has 10 heteroatoms. The molecule has 1 heterocycles.